The summed E-state index contributed by atoms with van der Waals surface area (Å²) in [7, 11) is 0. The van der Waals surface area contributed by atoms with Gasteiger partial charge in [0.15, 0.2) is 0 Å². The number of unbranched alkanes of at least 4 members (excludes halogenated alkanes) is 1. The maximum atomic E-state index is 11.5. The molecule has 5 heteroatoms. The van der Waals surface area contributed by atoms with Gasteiger partial charge in [-0.1, -0.05) is 13.8 Å². The number of hydrogen-bond donors (Lipinski definition) is 1. The quantitative estimate of drug-likeness (QED) is 0.436. The van der Waals surface area contributed by atoms with Gasteiger partial charge >= 0.3 is 5.97 Å². The van der Waals surface area contributed by atoms with E-state index in [4.69, 9.17) is 4.74 Å². The van der Waals surface area contributed by atoms with Crippen LogP contribution in [0.1, 0.15) is 47.0 Å². The molecule has 0 heterocycles. The summed E-state index contributed by atoms with van der Waals surface area (Å²) in [5.74, 6) is -0.329. The van der Waals surface area contributed by atoms with E-state index in [1.54, 1.807) is 6.92 Å². The largest absolute Gasteiger partial charge is 0.466 e. The van der Waals surface area contributed by atoms with E-state index in [0.717, 1.165) is 39.0 Å². The molecule has 0 aromatic rings. The lowest BCUT2D eigenvalue weighted by Gasteiger charge is -2.18. The van der Waals surface area contributed by atoms with Crippen molar-refractivity contribution in [3.05, 3.63) is 0 Å². The summed E-state index contributed by atoms with van der Waals surface area (Å²) in [4.78, 5) is 25.2. The Morgan fingerprint density at radius 1 is 1.15 bits per heavy atom. The van der Waals surface area contributed by atoms with Crippen LogP contribution in [0.2, 0.25) is 0 Å². The third-order valence-electron chi connectivity index (χ3n) is 3.35. The fourth-order valence-electron chi connectivity index (χ4n) is 2.02. The summed E-state index contributed by atoms with van der Waals surface area (Å²) in [5, 5.41) is 3.15. The molecule has 1 N–H and O–H groups in total. The maximum absolute atomic E-state index is 11.5. The Bertz CT molecular complexity index is 278. The van der Waals surface area contributed by atoms with E-state index in [1.807, 2.05) is 0 Å². The minimum atomic E-state index is -0.414. The highest BCUT2D eigenvalue weighted by atomic mass is 16.5. The van der Waals surface area contributed by atoms with Crippen LogP contribution in [-0.4, -0.2) is 55.5 Å². The van der Waals surface area contributed by atoms with Crippen molar-refractivity contribution in [3.8, 4) is 0 Å². The molecule has 0 saturated carbocycles. The Balaban J connectivity index is 3.87. The van der Waals surface area contributed by atoms with Gasteiger partial charge in [-0.05, 0) is 52.9 Å². The molecule has 0 aliphatic heterocycles. The number of carbonyl (C=O) groups is 2. The van der Waals surface area contributed by atoms with Crippen molar-refractivity contribution in [3.63, 3.8) is 0 Å². The Labute approximate surface area is 123 Å². The minimum absolute atomic E-state index is 0.0122. The van der Waals surface area contributed by atoms with E-state index in [9.17, 15) is 9.59 Å². The molecule has 0 aromatic heterocycles. The van der Waals surface area contributed by atoms with Crippen molar-refractivity contribution in [2.75, 3.05) is 32.8 Å². The van der Waals surface area contributed by atoms with Gasteiger partial charge in [0, 0.05) is 0 Å². The fourth-order valence-corrected chi connectivity index (χ4v) is 2.02. The molecule has 0 amide bonds. The van der Waals surface area contributed by atoms with E-state index in [2.05, 4.69) is 24.1 Å². The number of nitrogens with zero attached hydrogens (tertiary/aromatic N) is 1. The van der Waals surface area contributed by atoms with Crippen molar-refractivity contribution in [1.82, 2.24) is 10.2 Å². The molecule has 0 spiro atoms. The fraction of sp³-hybridized carbons (Fsp3) is 0.867. The van der Waals surface area contributed by atoms with Gasteiger partial charge in [-0.3, -0.25) is 9.59 Å². The van der Waals surface area contributed by atoms with Crippen LogP contribution in [0.25, 0.3) is 0 Å². The van der Waals surface area contributed by atoms with Gasteiger partial charge in [-0.15, -0.1) is 0 Å². The van der Waals surface area contributed by atoms with Crippen LogP contribution in [0.4, 0.5) is 0 Å². The van der Waals surface area contributed by atoms with Gasteiger partial charge in [-0.25, -0.2) is 0 Å². The summed E-state index contributed by atoms with van der Waals surface area (Å²) < 4.78 is 4.87. The minimum Gasteiger partial charge on any atom is -0.466 e. The van der Waals surface area contributed by atoms with Gasteiger partial charge in [0.2, 0.25) is 0 Å². The lowest BCUT2D eigenvalue weighted by atomic mass is 10.1. The first-order valence-corrected chi connectivity index (χ1v) is 7.66. The number of Topliss-reactive ketones (excluding diaryl/α,β-unsaturated/α-hetero) is 1. The first kappa shape index (κ1) is 19.1. The molecule has 0 bridgehead atoms. The number of rotatable bonds is 12. The van der Waals surface area contributed by atoms with Crippen LogP contribution in [-0.2, 0) is 14.3 Å². The van der Waals surface area contributed by atoms with Crippen molar-refractivity contribution in [2.24, 2.45) is 0 Å². The zero-order valence-electron chi connectivity index (χ0n) is 13.4. The number of ether oxygens (including phenoxy) is 1. The van der Waals surface area contributed by atoms with Crippen LogP contribution in [0.5, 0.6) is 0 Å². The summed E-state index contributed by atoms with van der Waals surface area (Å²) in [6.07, 6.45) is 2.22. The normalized spacial score (nSPS) is 12.4. The molecule has 0 aromatic carbocycles. The zero-order chi connectivity index (χ0) is 15.4. The Kier molecular flexibility index (Phi) is 11.3. The SMILES string of the molecule is CCOC(=O)CC(NCCCCN(CC)CC)C(C)=O. The first-order valence-electron chi connectivity index (χ1n) is 7.66. The van der Waals surface area contributed by atoms with Crippen molar-refractivity contribution < 1.29 is 14.3 Å². The summed E-state index contributed by atoms with van der Waals surface area (Å²) in [6, 6.07) is -0.414. The van der Waals surface area contributed by atoms with Crippen LogP contribution in [0.3, 0.4) is 0 Å². The van der Waals surface area contributed by atoms with Crippen molar-refractivity contribution in [2.45, 2.75) is 53.0 Å². The Morgan fingerprint density at radius 2 is 1.80 bits per heavy atom. The molecular formula is C15H30N2O3. The highest BCUT2D eigenvalue weighted by Gasteiger charge is 2.18. The average molecular weight is 286 g/mol. The first-order chi connectivity index (χ1) is 9.54. The standard InChI is InChI=1S/C15H30N2O3/c1-5-17(6-2)11-9-8-10-16-14(13(4)18)12-15(19)20-7-3/h14,16H,5-12H2,1-4H3. The average Bonchev–Trinajstić information content (AvgIpc) is 2.41. The van der Waals surface area contributed by atoms with Gasteiger partial charge in [0.25, 0.3) is 0 Å². The highest BCUT2D eigenvalue weighted by molar-refractivity contribution is 5.86. The van der Waals surface area contributed by atoms with Crippen LogP contribution < -0.4 is 5.32 Å². The predicted molar refractivity (Wildman–Crippen MR) is 80.7 cm³/mol. The molecule has 0 aliphatic rings. The van der Waals surface area contributed by atoms with E-state index >= 15 is 0 Å². The second-order valence-corrected chi connectivity index (χ2v) is 4.86. The third kappa shape index (κ3) is 9.04. The second-order valence-electron chi connectivity index (χ2n) is 4.86. The molecule has 20 heavy (non-hydrogen) atoms. The zero-order valence-corrected chi connectivity index (χ0v) is 13.4. The Morgan fingerprint density at radius 3 is 2.30 bits per heavy atom. The molecule has 0 saturated heterocycles. The summed E-state index contributed by atoms with van der Waals surface area (Å²) in [5.41, 5.74) is 0. The predicted octanol–water partition coefficient (Wildman–Crippen LogP) is 1.61. The monoisotopic (exact) mass is 286 g/mol. The number of nitrogens with one attached hydrogen (secondary N) is 1. The smallest absolute Gasteiger partial charge is 0.307 e. The number of esters is 1. The lowest BCUT2D eigenvalue weighted by Crippen LogP contribution is -2.38. The number of hydrogen-bond acceptors (Lipinski definition) is 5. The molecule has 1 atom stereocenters. The van der Waals surface area contributed by atoms with Crippen LogP contribution >= 0.6 is 0 Å². The number of ketones is 1. The number of carbonyl (C=O) groups excluding carboxylic acids is 2. The molecule has 0 rings (SSSR count). The van der Waals surface area contributed by atoms with Crippen molar-refractivity contribution >= 4 is 11.8 Å². The molecular weight excluding hydrogens is 256 g/mol. The van der Waals surface area contributed by atoms with Gasteiger partial charge in [-0.2, -0.15) is 0 Å². The molecule has 118 valence electrons. The highest BCUT2D eigenvalue weighted by Crippen LogP contribution is 1.99. The molecule has 1 unspecified atom stereocenters. The Hall–Kier alpha value is -0.940. The van der Waals surface area contributed by atoms with Gasteiger partial charge in [0.1, 0.15) is 5.78 Å². The van der Waals surface area contributed by atoms with E-state index in [1.165, 1.54) is 6.92 Å². The molecule has 0 fully saturated rings. The maximum Gasteiger partial charge on any atom is 0.307 e. The van der Waals surface area contributed by atoms with Gasteiger partial charge < -0.3 is 15.0 Å². The van der Waals surface area contributed by atoms with Crippen LogP contribution in [0, 0.1) is 0 Å². The lowest BCUT2D eigenvalue weighted by molar-refractivity contribution is -0.145. The summed E-state index contributed by atoms with van der Waals surface area (Å²) in [6.45, 7) is 11.9. The second kappa shape index (κ2) is 11.9. The van der Waals surface area contributed by atoms with E-state index in [0.29, 0.717) is 6.61 Å². The van der Waals surface area contributed by atoms with Crippen molar-refractivity contribution in [1.29, 1.82) is 0 Å². The molecule has 0 radical (unpaired) electrons. The molecule has 5 nitrogen and oxygen atoms in total. The summed E-state index contributed by atoms with van der Waals surface area (Å²) >= 11 is 0. The van der Waals surface area contributed by atoms with E-state index in [-0.39, 0.29) is 18.2 Å². The van der Waals surface area contributed by atoms with Gasteiger partial charge in [0.05, 0.1) is 19.1 Å². The molecule has 0 aliphatic carbocycles. The van der Waals surface area contributed by atoms with E-state index < -0.39 is 6.04 Å². The topological polar surface area (TPSA) is 58.6 Å². The third-order valence-corrected chi connectivity index (χ3v) is 3.35. The van der Waals surface area contributed by atoms with Crippen LogP contribution in [0.15, 0.2) is 0 Å².